The van der Waals surface area contributed by atoms with Crippen molar-refractivity contribution >= 4 is 23.0 Å². The molecule has 2 rings (SSSR count). The normalized spacial score (nSPS) is 10.5. The molecule has 0 aliphatic carbocycles. The van der Waals surface area contributed by atoms with Crippen LogP contribution in [0.5, 0.6) is 0 Å². The Labute approximate surface area is 104 Å². The average molecular weight is 253 g/mol. The molecule has 0 radical (unpaired) electrons. The fraction of sp³-hybridized carbons (Fsp3) is 0.273. The summed E-state index contributed by atoms with van der Waals surface area (Å²) in [6.45, 7) is 4.19. The van der Waals surface area contributed by atoms with Crippen LogP contribution in [0.4, 0.5) is 11.4 Å². The van der Waals surface area contributed by atoms with E-state index < -0.39 is 0 Å². The molecule has 0 bridgehead atoms. The second kappa shape index (κ2) is 4.63. The van der Waals surface area contributed by atoms with Gasteiger partial charge in [-0.15, -0.1) is 0 Å². The average Bonchev–Trinajstić information content (AvgIpc) is 2.68. The first kappa shape index (κ1) is 11.7. The molecule has 6 heteroatoms. The van der Waals surface area contributed by atoms with Gasteiger partial charge in [0.15, 0.2) is 5.82 Å². The van der Waals surface area contributed by atoms with Crippen LogP contribution in [-0.4, -0.2) is 10.1 Å². The fourth-order valence-corrected chi connectivity index (χ4v) is 1.64. The van der Waals surface area contributed by atoms with Crippen LogP contribution in [0.25, 0.3) is 0 Å². The molecule has 90 valence electrons. The van der Waals surface area contributed by atoms with Gasteiger partial charge >= 0.3 is 0 Å². The highest BCUT2D eigenvalue weighted by Crippen LogP contribution is 2.26. The highest BCUT2D eigenvalue weighted by molar-refractivity contribution is 6.33. The zero-order valence-electron chi connectivity index (χ0n) is 9.62. The molecule has 1 aromatic carbocycles. The van der Waals surface area contributed by atoms with Crippen LogP contribution in [-0.2, 0) is 6.54 Å². The van der Waals surface area contributed by atoms with E-state index in [-0.39, 0.29) is 0 Å². The smallest absolute Gasteiger partial charge is 0.245 e. The van der Waals surface area contributed by atoms with Crippen molar-refractivity contribution in [2.75, 3.05) is 11.1 Å². The van der Waals surface area contributed by atoms with Gasteiger partial charge in [-0.1, -0.05) is 16.8 Å². The highest BCUT2D eigenvalue weighted by Gasteiger charge is 2.06. The summed E-state index contributed by atoms with van der Waals surface area (Å²) < 4.78 is 5.00. The van der Waals surface area contributed by atoms with E-state index in [0.717, 1.165) is 11.3 Å². The highest BCUT2D eigenvalue weighted by atomic mass is 35.5. The Morgan fingerprint density at radius 2 is 2.18 bits per heavy atom. The zero-order chi connectivity index (χ0) is 12.4. The number of anilines is 2. The second-order valence-electron chi connectivity index (χ2n) is 3.78. The van der Waals surface area contributed by atoms with Crippen molar-refractivity contribution < 1.29 is 4.52 Å². The van der Waals surface area contributed by atoms with Gasteiger partial charge in [-0.2, -0.15) is 4.98 Å². The van der Waals surface area contributed by atoms with Crippen LogP contribution in [0.15, 0.2) is 16.7 Å². The third-order valence-corrected chi connectivity index (χ3v) is 2.67. The van der Waals surface area contributed by atoms with E-state index in [0.29, 0.717) is 29.0 Å². The zero-order valence-corrected chi connectivity index (χ0v) is 10.4. The van der Waals surface area contributed by atoms with Crippen molar-refractivity contribution in [2.45, 2.75) is 20.4 Å². The Bertz CT molecular complexity index is 538. The molecule has 0 amide bonds. The summed E-state index contributed by atoms with van der Waals surface area (Å²) in [5.41, 5.74) is 8.19. The third-order valence-electron chi connectivity index (χ3n) is 2.34. The first-order chi connectivity index (χ1) is 8.06. The lowest BCUT2D eigenvalue weighted by atomic mass is 10.2. The Kier molecular flexibility index (Phi) is 3.19. The number of hydrogen-bond acceptors (Lipinski definition) is 5. The molecule has 0 atom stereocenters. The van der Waals surface area contributed by atoms with Crippen LogP contribution < -0.4 is 11.1 Å². The summed E-state index contributed by atoms with van der Waals surface area (Å²) >= 11 is 5.96. The summed E-state index contributed by atoms with van der Waals surface area (Å²) in [6, 6.07) is 3.61. The van der Waals surface area contributed by atoms with E-state index in [1.54, 1.807) is 13.0 Å². The maximum absolute atomic E-state index is 5.96. The molecule has 5 nitrogen and oxygen atoms in total. The maximum atomic E-state index is 5.96. The van der Waals surface area contributed by atoms with E-state index >= 15 is 0 Å². The Morgan fingerprint density at radius 3 is 2.82 bits per heavy atom. The number of nitrogens with two attached hydrogens (primary N) is 1. The topological polar surface area (TPSA) is 77.0 Å². The molecule has 0 aliphatic heterocycles. The van der Waals surface area contributed by atoms with Crippen molar-refractivity contribution in [3.05, 3.63) is 34.4 Å². The number of nitrogen functional groups attached to an aromatic ring is 1. The van der Waals surface area contributed by atoms with Gasteiger partial charge in [-0.05, 0) is 31.5 Å². The van der Waals surface area contributed by atoms with Crippen LogP contribution in [0.2, 0.25) is 5.02 Å². The van der Waals surface area contributed by atoms with E-state index in [4.69, 9.17) is 21.9 Å². The lowest BCUT2D eigenvalue weighted by molar-refractivity contribution is 0.379. The van der Waals surface area contributed by atoms with Crippen LogP contribution >= 0.6 is 11.6 Å². The van der Waals surface area contributed by atoms with Gasteiger partial charge in [0.05, 0.1) is 17.3 Å². The molecule has 0 spiro atoms. The van der Waals surface area contributed by atoms with E-state index in [1.807, 2.05) is 13.0 Å². The van der Waals surface area contributed by atoms with Gasteiger partial charge in [-0.3, -0.25) is 0 Å². The van der Waals surface area contributed by atoms with Crippen molar-refractivity contribution in [3.8, 4) is 0 Å². The SMILES string of the molecule is Cc1noc(CNc2cc(Cl)c(N)cc2C)n1. The second-order valence-corrected chi connectivity index (χ2v) is 4.18. The number of nitrogens with zero attached hydrogens (tertiary/aromatic N) is 2. The quantitative estimate of drug-likeness (QED) is 0.821. The first-order valence-corrected chi connectivity index (χ1v) is 5.52. The third kappa shape index (κ3) is 2.68. The number of benzene rings is 1. The molecule has 1 heterocycles. The molecule has 17 heavy (non-hydrogen) atoms. The van der Waals surface area contributed by atoms with E-state index in [1.165, 1.54) is 0 Å². The number of halogens is 1. The number of aromatic nitrogens is 2. The molecular weight excluding hydrogens is 240 g/mol. The minimum Gasteiger partial charge on any atom is -0.398 e. The molecular formula is C11H13ClN4O. The monoisotopic (exact) mass is 252 g/mol. The predicted molar refractivity (Wildman–Crippen MR) is 67.0 cm³/mol. The number of nitrogens with one attached hydrogen (secondary N) is 1. The Balaban J connectivity index is 2.11. The van der Waals surface area contributed by atoms with Gasteiger partial charge < -0.3 is 15.6 Å². The van der Waals surface area contributed by atoms with Crippen molar-refractivity contribution in [3.63, 3.8) is 0 Å². The lowest BCUT2D eigenvalue weighted by Gasteiger charge is -2.09. The van der Waals surface area contributed by atoms with E-state index in [9.17, 15) is 0 Å². The Hall–Kier alpha value is -1.75. The number of hydrogen-bond donors (Lipinski definition) is 2. The maximum Gasteiger partial charge on any atom is 0.245 e. The summed E-state index contributed by atoms with van der Waals surface area (Å²) in [6.07, 6.45) is 0. The molecule has 0 aliphatic rings. The molecule has 2 aromatic rings. The van der Waals surface area contributed by atoms with Gasteiger partial charge in [0, 0.05) is 5.69 Å². The summed E-state index contributed by atoms with van der Waals surface area (Å²) in [5, 5.41) is 7.41. The first-order valence-electron chi connectivity index (χ1n) is 5.15. The molecule has 0 fully saturated rings. The van der Waals surface area contributed by atoms with Gasteiger partial charge in [0.1, 0.15) is 0 Å². The largest absolute Gasteiger partial charge is 0.398 e. The van der Waals surface area contributed by atoms with Crippen molar-refractivity contribution in [1.29, 1.82) is 0 Å². The predicted octanol–water partition coefficient (Wildman–Crippen LogP) is 2.53. The lowest BCUT2D eigenvalue weighted by Crippen LogP contribution is -2.02. The van der Waals surface area contributed by atoms with Gasteiger partial charge in [-0.25, -0.2) is 0 Å². The van der Waals surface area contributed by atoms with Gasteiger partial charge in [0.2, 0.25) is 5.89 Å². The van der Waals surface area contributed by atoms with Crippen molar-refractivity contribution in [1.82, 2.24) is 10.1 Å². The molecule has 0 unspecified atom stereocenters. The minimum atomic E-state index is 0.460. The molecule has 0 saturated carbocycles. The minimum absolute atomic E-state index is 0.460. The summed E-state index contributed by atoms with van der Waals surface area (Å²) in [7, 11) is 0. The number of rotatable bonds is 3. The van der Waals surface area contributed by atoms with E-state index in [2.05, 4.69) is 15.5 Å². The number of aryl methyl sites for hydroxylation is 2. The van der Waals surface area contributed by atoms with Crippen LogP contribution in [0.3, 0.4) is 0 Å². The van der Waals surface area contributed by atoms with Gasteiger partial charge in [0.25, 0.3) is 0 Å². The molecule has 1 aromatic heterocycles. The summed E-state index contributed by atoms with van der Waals surface area (Å²) in [5.74, 6) is 1.16. The molecule has 3 N–H and O–H groups in total. The standard InChI is InChI=1S/C11H13ClN4O/c1-6-3-9(13)8(12)4-10(6)14-5-11-15-7(2)16-17-11/h3-4,14H,5,13H2,1-2H3. The van der Waals surface area contributed by atoms with Crippen LogP contribution in [0, 0.1) is 13.8 Å². The molecule has 0 saturated heterocycles. The summed E-state index contributed by atoms with van der Waals surface area (Å²) in [4.78, 5) is 4.10. The van der Waals surface area contributed by atoms with Crippen LogP contribution in [0.1, 0.15) is 17.3 Å². The van der Waals surface area contributed by atoms with Crippen molar-refractivity contribution in [2.24, 2.45) is 0 Å². The Morgan fingerprint density at radius 1 is 1.41 bits per heavy atom. The fourth-order valence-electron chi connectivity index (χ4n) is 1.48.